The van der Waals surface area contributed by atoms with E-state index in [1.165, 1.54) is 25.7 Å². The van der Waals surface area contributed by atoms with E-state index in [9.17, 15) is 43.5 Å². The van der Waals surface area contributed by atoms with Crippen LogP contribution in [-0.2, 0) is 55.8 Å². The van der Waals surface area contributed by atoms with E-state index in [4.69, 9.17) is 32.3 Å². The van der Waals surface area contributed by atoms with E-state index >= 15 is 0 Å². The summed E-state index contributed by atoms with van der Waals surface area (Å²) in [5.41, 5.74) is 0. The highest BCUT2D eigenvalue weighted by atomic mass is 31.2. The molecule has 0 amide bonds. The molecule has 16 nitrogen and oxygen atoms in total. The number of esters is 3. The fourth-order valence-corrected chi connectivity index (χ4v) is 9.96. The molecule has 0 spiro atoms. The molecule has 4 N–H and O–H groups in total. The number of phosphoric ester groups is 2. The maximum atomic E-state index is 12.9. The lowest BCUT2D eigenvalue weighted by molar-refractivity contribution is -0.161. The molecule has 0 fully saturated rings. The zero-order chi connectivity index (χ0) is 63.8. The molecule has 0 heterocycles. The first kappa shape index (κ1) is 83.2. The molecule has 87 heavy (non-hydrogen) atoms. The first-order chi connectivity index (χ1) is 42.2. The van der Waals surface area contributed by atoms with Gasteiger partial charge in [0.2, 0.25) is 0 Å². The standard InChI is InChI=1S/C69H118O16P2/c1-4-7-10-13-16-19-22-25-26-27-28-29-30-31-32-33-34-35-36-39-41-43-46-49-52-55-67(72)79-58-64(70)59-81-86(75,76)82-60-65(71)61-83-87(77,78)84-63-66(85-69(74)57-54-51-48-45-42-38-24-21-18-15-12-9-6-3)62-80-68(73)56-53-50-47-44-40-37-23-20-17-14-11-8-5-2/h7,10-12,14-16,19-21,23-26,28-29,31-32,64-66,70-71H,4-6,8-9,13,17-18,22,27,30,33-63H2,1-3H3,(H,75,76)(H,77,78)/b10-7-,14-11-,15-12-,19-16-,23-20-,24-21-,26-25-,29-28-,32-31-. The largest absolute Gasteiger partial charge is 0.472 e. The van der Waals surface area contributed by atoms with Crippen LogP contribution in [0.5, 0.6) is 0 Å². The Labute approximate surface area is 526 Å². The van der Waals surface area contributed by atoms with Crippen molar-refractivity contribution < 1.29 is 75.8 Å². The lowest BCUT2D eigenvalue weighted by Gasteiger charge is -2.21. The molecule has 5 atom stereocenters. The molecule has 18 heteroatoms. The number of hydrogen-bond donors (Lipinski definition) is 4. The van der Waals surface area contributed by atoms with Crippen LogP contribution in [-0.4, -0.2) is 95.9 Å². The summed E-state index contributed by atoms with van der Waals surface area (Å²) in [4.78, 5) is 58.2. The van der Waals surface area contributed by atoms with Crippen LogP contribution in [0.3, 0.4) is 0 Å². The van der Waals surface area contributed by atoms with Gasteiger partial charge in [-0.1, -0.05) is 226 Å². The zero-order valence-corrected chi connectivity index (χ0v) is 55.7. The molecule has 5 unspecified atom stereocenters. The van der Waals surface area contributed by atoms with Crippen molar-refractivity contribution in [2.75, 3.05) is 39.6 Å². The predicted octanol–water partition coefficient (Wildman–Crippen LogP) is 18.1. The third kappa shape index (κ3) is 63.6. The average Bonchev–Trinajstić information content (AvgIpc) is 3.69. The normalized spacial score (nSPS) is 15.0. The summed E-state index contributed by atoms with van der Waals surface area (Å²) in [6.45, 7) is 2.36. The maximum Gasteiger partial charge on any atom is 0.472 e. The number of carbonyl (C=O) groups is 3. The zero-order valence-electron chi connectivity index (χ0n) is 53.9. The van der Waals surface area contributed by atoms with E-state index in [1.54, 1.807) is 0 Å². The molecule has 0 aliphatic heterocycles. The molecule has 0 saturated carbocycles. The fourth-order valence-electron chi connectivity index (χ4n) is 8.38. The summed E-state index contributed by atoms with van der Waals surface area (Å²) >= 11 is 0. The second-order valence-electron chi connectivity index (χ2n) is 21.9. The SMILES string of the molecule is CC/C=C\C/C=C\C/C=C\C/C=C\C/C=C\CCCCCCCCCCCC(=O)OCC(O)COP(=O)(O)OCC(O)COP(=O)(O)OCC(COC(=O)CCCCCCC/C=C\C/C=C\CCC)OC(=O)CCCCCCC/C=C\C/C=C\CCC. The first-order valence-corrected chi connectivity index (χ1v) is 36.2. The van der Waals surface area contributed by atoms with Crippen LogP contribution in [0.25, 0.3) is 0 Å². The highest BCUT2D eigenvalue weighted by Gasteiger charge is 2.29. The number of allylic oxidation sites excluding steroid dienone is 18. The highest BCUT2D eigenvalue weighted by molar-refractivity contribution is 7.47. The second-order valence-corrected chi connectivity index (χ2v) is 24.8. The molecule has 0 radical (unpaired) electrons. The maximum absolute atomic E-state index is 12.9. The second kappa shape index (κ2) is 62.4. The number of carbonyl (C=O) groups excluding carboxylic acids is 3. The Morgan fingerprint density at radius 3 is 0.966 bits per heavy atom. The Kier molecular flexibility index (Phi) is 59.7. The number of aliphatic hydroxyl groups excluding tert-OH is 2. The highest BCUT2D eigenvalue weighted by Crippen LogP contribution is 2.45. The van der Waals surface area contributed by atoms with Gasteiger partial charge in [0, 0.05) is 19.3 Å². The summed E-state index contributed by atoms with van der Waals surface area (Å²) in [5.74, 6) is -1.62. The van der Waals surface area contributed by atoms with Crippen molar-refractivity contribution in [2.24, 2.45) is 0 Å². The van der Waals surface area contributed by atoms with Crippen molar-refractivity contribution in [3.8, 4) is 0 Å². The minimum absolute atomic E-state index is 0.0839. The fraction of sp³-hybridized carbons (Fsp3) is 0.696. The average molecular weight is 1270 g/mol. The molecule has 500 valence electrons. The quantitative estimate of drug-likeness (QED) is 0.0146. The van der Waals surface area contributed by atoms with Crippen LogP contribution < -0.4 is 0 Å². The summed E-state index contributed by atoms with van der Waals surface area (Å²) < 4.78 is 60.7. The Bertz CT molecular complexity index is 2030. The van der Waals surface area contributed by atoms with Gasteiger partial charge in [-0.3, -0.25) is 32.5 Å². The third-order valence-electron chi connectivity index (χ3n) is 13.4. The van der Waals surface area contributed by atoms with Gasteiger partial charge in [-0.05, 0) is 116 Å². The van der Waals surface area contributed by atoms with Gasteiger partial charge in [0.05, 0.1) is 26.4 Å². The monoisotopic (exact) mass is 1260 g/mol. The summed E-state index contributed by atoms with van der Waals surface area (Å²) in [6, 6.07) is 0. The van der Waals surface area contributed by atoms with Gasteiger partial charge < -0.3 is 34.2 Å². The van der Waals surface area contributed by atoms with Crippen molar-refractivity contribution in [1.82, 2.24) is 0 Å². The molecule has 0 bridgehead atoms. The van der Waals surface area contributed by atoms with Gasteiger partial charge in [-0.15, -0.1) is 0 Å². The van der Waals surface area contributed by atoms with Crippen LogP contribution in [0.2, 0.25) is 0 Å². The molecular weight excluding hydrogens is 1150 g/mol. The summed E-state index contributed by atoms with van der Waals surface area (Å²) in [7, 11) is -9.78. The minimum Gasteiger partial charge on any atom is -0.463 e. The molecule has 0 aliphatic rings. The number of unbranched alkanes of at least 4 members (excludes halogenated alkanes) is 21. The topological polar surface area (TPSA) is 231 Å². The van der Waals surface area contributed by atoms with Crippen LogP contribution in [0, 0.1) is 0 Å². The van der Waals surface area contributed by atoms with E-state index in [0.717, 1.165) is 167 Å². The van der Waals surface area contributed by atoms with Gasteiger partial charge in [-0.25, -0.2) is 9.13 Å². The van der Waals surface area contributed by atoms with E-state index in [1.807, 2.05) is 0 Å². The van der Waals surface area contributed by atoms with Crippen molar-refractivity contribution in [2.45, 2.75) is 270 Å². The van der Waals surface area contributed by atoms with E-state index in [2.05, 4.69) is 130 Å². The predicted molar refractivity (Wildman–Crippen MR) is 353 cm³/mol. The van der Waals surface area contributed by atoms with Gasteiger partial charge >= 0.3 is 33.6 Å². The number of ether oxygens (including phenoxy) is 3. The van der Waals surface area contributed by atoms with Gasteiger partial charge in [0.25, 0.3) is 0 Å². The van der Waals surface area contributed by atoms with Crippen LogP contribution in [0.15, 0.2) is 109 Å². The molecule has 0 aromatic carbocycles. The summed E-state index contributed by atoms with van der Waals surface area (Å²) in [5, 5.41) is 20.5. The van der Waals surface area contributed by atoms with Crippen molar-refractivity contribution in [3.05, 3.63) is 109 Å². The molecule has 0 rings (SSSR count). The Morgan fingerprint density at radius 2 is 0.609 bits per heavy atom. The van der Waals surface area contributed by atoms with Gasteiger partial charge in [0.15, 0.2) is 6.10 Å². The van der Waals surface area contributed by atoms with Crippen molar-refractivity contribution in [3.63, 3.8) is 0 Å². The van der Waals surface area contributed by atoms with Crippen molar-refractivity contribution >= 4 is 33.6 Å². The minimum atomic E-state index is -4.93. The molecule has 0 saturated heterocycles. The Morgan fingerprint density at radius 1 is 0.333 bits per heavy atom. The molecular formula is C69H118O16P2. The van der Waals surface area contributed by atoms with Gasteiger partial charge in [0.1, 0.15) is 25.4 Å². The van der Waals surface area contributed by atoms with Gasteiger partial charge in [-0.2, -0.15) is 0 Å². The number of phosphoric acid groups is 2. The smallest absolute Gasteiger partial charge is 0.463 e. The van der Waals surface area contributed by atoms with E-state index < -0.39 is 91.5 Å². The first-order valence-electron chi connectivity index (χ1n) is 33.2. The molecule has 0 aromatic heterocycles. The number of aliphatic hydroxyl groups is 2. The lowest BCUT2D eigenvalue weighted by atomic mass is 10.1. The van der Waals surface area contributed by atoms with Crippen LogP contribution in [0.1, 0.15) is 252 Å². The Balaban J connectivity index is 4.53. The number of hydrogen-bond acceptors (Lipinski definition) is 14. The molecule has 0 aliphatic carbocycles. The summed E-state index contributed by atoms with van der Waals surface area (Å²) in [6.07, 6.45) is 68.7. The third-order valence-corrected chi connectivity index (χ3v) is 15.3. The van der Waals surface area contributed by atoms with Crippen LogP contribution >= 0.6 is 15.6 Å². The van der Waals surface area contributed by atoms with Crippen LogP contribution in [0.4, 0.5) is 0 Å². The molecule has 0 aromatic rings. The number of rotatable bonds is 62. The Hall–Kier alpha value is -3.79. The van der Waals surface area contributed by atoms with Crippen molar-refractivity contribution in [1.29, 1.82) is 0 Å². The lowest BCUT2D eigenvalue weighted by Crippen LogP contribution is -2.30. The van der Waals surface area contributed by atoms with E-state index in [0.29, 0.717) is 19.3 Å². The van der Waals surface area contributed by atoms with E-state index in [-0.39, 0.29) is 19.3 Å².